The largest absolute Gasteiger partial charge is 0.387 e. The standard InChI is InChI=1S/C10H13IN2/c1-7(2)10(12)13-9-5-3-4-8(11)6-9/h3-7H,1-2H3,(H2,12,13). The average Bonchev–Trinajstić information content (AvgIpc) is 2.04. The zero-order valence-corrected chi connectivity index (χ0v) is 9.95. The molecule has 0 unspecified atom stereocenters. The van der Waals surface area contributed by atoms with Gasteiger partial charge in [-0.25, -0.2) is 4.99 Å². The maximum absolute atomic E-state index is 5.75. The van der Waals surface area contributed by atoms with Gasteiger partial charge < -0.3 is 5.73 Å². The van der Waals surface area contributed by atoms with E-state index in [4.69, 9.17) is 5.73 Å². The molecular formula is C10H13IN2. The molecule has 1 rings (SSSR count). The molecule has 0 aromatic heterocycles. The lowest BCUT2D eigenvalue weighted by atomic mass is 10.2. The summed E-state index contributed by atoms with van der Waals surface area (Å²) in [5, 5.41) is 0. The molecule has 1 aromatic rings. The minimum Gasteiger partial charge on any atom is -0.387 e. The highest BCUT2D eigenvalue weighted by molar-refractivity contribution is 14.1. The van der Waals surface area contributed by atoms with Crippen molar-refractivity contribution in [3.05, 3.63) is 27.8 Å². The smallest absolute Gasteiger partial charge is 0.102 e. The van der Waals surface area contributed by atoms with Crippen molar-refractivity contribution in [1.29, 1.82) is 0 Å². The van der Waals surface area contributed by atoms with E-state index in [-0.39, 0.29) is 0 Å². The molecule has 0 amide bonds. The molecule has 2 N–H and O–H groups in total. The van der Waals surface area contributed by atoms with Gasteiger partial charge in [-0.3, -0.25) is 0 Å². The molecular weight excluding hydrogens is 275 g/mol. The Morgan fingerprint density at radius 3 is 2.69 bits per heavy atom. The number of halogens is 1. The van der Waals surface area contributed by atoms with Crippen LogP contribution in [0, 0.1) is 9.49 Å². The summed E-state index contributed by atoms with van der Waals surface area (Å²) >= 11 is 2.26. The van der Waals surface area contributed by atoms with Gasteiger partial charge in [-0.1, -0.05) is 19.9 Å². The molecule has 0 aliphatic heterocycles. The first-order chi connectivity index (χ1) is 6.09. The van der Waals surface area contributed by atoms with E-state index in [1.54, 1.807) is 0 Å². The predicted octanol–water partition coefficient (Wildman–Crippen LogP) is 2.94. The number of aliphatic imine (C=N–C) groups is 1. The van der Waals surface area contributed by atoms with Gasteiger partial charge in [0.05, 0.1) is 5.69 Å². The highest BCUT2D eigenvalue weighted by Crippen LogP contribution is 2.16. The van der Waals surface area contributed by atoms with Crippen LogP contribution in [0.2, 0.25) is 0 Å². The third-order valence-electron chi connectivity index (χ3n) is 1.66. The summed E-state index contributed by atoms with van der Waals surface area (Å²) in [5.74, 6) is 0.986. The predicted molar refractivity (Wildman–Crippen MR) is 65.3 cm³/mol. The van der Waals surface area contributed by atoms with Crippen LogP contribution in [0.15, 0.2) is 29.3 Å². The zero-order valence-electron chi connectivity index (χ0n) is 7.79. The quantitative estimate of drug-likeness (QED) is 0.507. The highest BCUT2D eigenvalue weighted by Gasteiger charge is 1.99. The van der Waals surface area contributed by atoms with Gasteiger partial charge in [-0.2, -0.15) is 0 Å². The molecule has 0 aliphatic rings. The molecule has 0 atom stereocenters. The Labute approximate surface area is 92.4 Å². The second-order valence-electron chi connectivity index (χ2n) is 3.17. The van der Waals surface area contributed by atoms with Crippen LogP contribution in [-0.2, 0) is 0 Å². The summed E-state index contributed by atoms with van der Waals surface area (Å²) in [6.45, 7) is 4.07. The van der Waals surface area contributed by atoms with E-state index in [0.717, 1.165) is 5.69 Å². The molecule has 13 heavy (non-hydrogen) atoms. The van der Waals surface area contributed by atoms with Gasteiger partial charge in [0.2, 0.25) is 0 Å². The van der Waals surface area contributed by atoms with Crippen molar-refractivity contribution in [2.24, 2.45) is 16.6 Å². The van der Waals surface area contributed by atoms with Gasteiger partial charge in [-0.15, -0.1) is 0 Å². The van der Waals surface area contributed by atoms with E-state index in [9.17, 15) is 0 Å². The molecule has 0 saturated carbocycles. The van der Waals surface area contributed by atoms with Gasteiger partial charge in [0.1, 0.15) is 5.84 Å². The molecule has 70 valence electrons. The summed E-state index contributed by atoms with van der Waals surface area (Å²) in [7, 11) is 0. The Balaban J connectivity index is 2.91. The summed E-state index contributed by atoms with van der Waals surface area (Å²) in [6, 6.07) is 7.98. The van der Waals surface area contributed by atoms with Crippen LogP contribution in [0.1, 0.15) is 13.8 Å². The number of nitrogens with two attached hydrogens (primary N) is 1. The lowest BCUT2D eigenvalue weighted by Gasteiger charge is -2.03. The summed E-state index contributed by atoms with van der Waals surface area (Å²) in [4.78, 5) is 4.31. The molecule has 0 spiro atoms. The normalized spacial score (nSPS) is 12.2. The third kappa shape index (κ3) is 3.34. The van der Waals surface area contributed by atoms with Crippen molar-refractivity contribution in [3.63, 3.8) is 0 Å². The second kappa shape index (κ2) is 4.60. The number of rotatable bonds is 2. The first-order valence-electron chi connectivity index (χ1n) is 4.19. The summed E-state index contributed by atoms with van der Waals surface area (Å²) in [6.07, 6.45) is 0. The Morgan fingerprint density at radius 2 is 2.15 bits per heavy atom. The maximum Gasteiger partial charge on any atom is 0.102 e. The third-order valence-corrected chi connectivity index (χ3v) is 2.33. The molecule has 0 bridgehead atoms. The van der Waals surface area contributed by atoms with Crippen LogP contribution in [-0.4, -0.2) is 5.84 Å². The average molecular weight is 288 g/mol. The van der Waals surface area contributed by atoms with Crippen LogP contribution in [0.25, 0.3) is 0 Å². The van der Waals surface area contributed by atoms with Crippen molar-refractivity contribution < 1.29 is 0 Å². The van der Waals surface area contributed by atoms with Gasteiger partial charge >= 0.3 is 0 Å². The fourth-order valence-electron chi connectivity index (χ4n) is 0.824. The SMILES string of the molecule is CC(C)C(N)=Nc1cccc(I)c1. The van der Waals surface area contributed by atoms with Gasteiger partial charge in [0.15, 0.2) is 0 Å². The molecule has 0 heterocycles. The van der Waals surface area contributed by atoms with Crippen LogP contribution < -0.4 is 5.73 Å². The zero-order chi connectivity index (χ0) is 9.84. The van der Waals surface area contributed by atoms with E-state index in [2.05, 4.69) is 27.6 Å². The Bertz CT molecular complexity index is 318. The van der Waals surface area contributed by atoms with E-state index < -0.39 is 0 Å². The lowest BCUT2D eigenvalue weighted by molar-refractivity contribution is 0.873. The van der Waals surface area contributed by atoms with Gasteiger partial charge in [-0.05, 0) is 40.8 Å². The minimum absolute atomic E-state index is 0.304. The van der Waals surface area contributed by atoms with Crippen LogP contribution in [0.5, 0.6) is 0 Å². The van der Waals surface area contributed by atoms with Gasteiger partial charge in [0, 0.05) is 9.49 Å². The summed E-state index contributed by atoms with van der Waals surface area (Å²) < 4.78 is 1.18. The number of hydrogen-bond donors (Lipinski definition) is 1. The van der Waals surface area contributed by atoms with Crippen molar-refractivity contribution >= 4 is 34.1 Å². The maximum atomic E-state index is 5.75. The molecule has 1 aromatic carbocycles. The topological polar surface area (TPSA) is 38.4 Å². The fourth-order valence-corrected chi connectivity index (χ4v) is 1.35. The fraction of sp³-hybridized carbons (Fsp3) is 0.300. The second-order valence-corrected chi connectivity index (χ2v) is 4.42. The monoisotopic (exact) mass is 288 g/mol. The number of hydrogen-bond acceptors (Lipinski definition) is 1. The van der Waals surface area contributed by atoms with Crippen molar-refractivity contribution in [2.45, 2.75) is 13.8 Å². The Kier molecular flexibility index (Phi) is 3.71. The number of nitrogens with zero attached hydrogens (tertiary/aromatic N) is 1. The molecule has 0 saturated heterocycles. The van der Waals surface area contributed by atoms with Crippen LogP contribution in [0.4, 0.5) is 5.69 Å². The van der Waals surface area contributed by atoms with Crippen molar-refractivity contribution in [3.8, 4) is 0 Å². The molecule has 0 aliphatic carbocycles. The lowest BCUT2D eigenvalue weighted by Crippen LogP contribution is -2.17. The molecule has 0 fully saturated rings. The molecule has 3 heteroatoms. The number of amidine groups is 1. The Hall–Kier alpha value is -0.580. The van der Waals surface area contributed by atoms with E-state index in [1.807, 2.05) is 38.1 Å². The van der Waals surface area contributed by atoms with E-state index in [1.165, 1.54) is 3.57 Å². The number of benzene rings is 1. The molecule has 0 radical (unpaired) electrons. The van der Waals surface area contributed by atoms with E-state index in [0.29, 0.717) is 11.8 Å². The minimum atomic E-state index is 0.304. The first kappa shape index (κ1) is 10.5. The van der Waals surface area contributed by atoms with E-state index >= 15 is 0 Å². The summed E-state index contributed by atoms with van der Waals surface area (Å²) in [5.41, 5.74) is 6.67. The highest BCUT2D eigenvalue weighted by atomic mass is 127. The van der Waals surface area contributed by atoms with Crippen molar-refractivity contribution in [1.82, 2.24) is 0 Å². The molecule has 2 nitrogen and oxygen atoms in total. The Morgan fingerprint density at radius 1 is 1.46 bits per heavy atom. The van der Waals surface area contributed by atoms with Gasteiger partial charge in [0.25, 0.3) is 0 Å². The van der Waals surface area contributed by atoms with Crippen molar-refractivity contribution in [2.75, 3.05) is 0 Å². The van der Waals surface area contributed by atoms with Crippen LogP contribution in [0.3, 0.4) is 0 Å². The van der Waals surface area contributed by atoms with Crippen LogP contribution >= 0.6 is 22.6 Å². The first-order valence-corrected chi connectivity index (χ1v) is 5.27.